The van der Waals surface area contributed by atoms with Gasteiger partial charge in [0.2, 0.25) is 0 Å². The molecule has 1 N–H and O–H groups in total. The Morgan fingerprint density at radius 1 is 1.38 bits per heavy atom. The van der Waals surface area contributed by atoms with Crippen LogP contribution >= 0.6 is 0 Å². The van der Waals surface area contributed by atoms with Gasteiger partial charge in [-0.1, -0.05) is 12.1 Å². The average Bonchev–Trinajstić information content (AvgIpc) is 3.18. The Morgan fingerprint density at radius 2 is 2.12 bits per heavy atom. The lowest BCUT2D eigenvalue weighted by Crippen LogP contribution is -2.48. The number of pyridine rings is 1. The van der Waals surface area contributed by atoms with Gasteiger partial charge in [0.25, 0.3) is 5.91 Å². The number of likely N-dealkylation sites (tertiary alicyclic amines) is 1. The third kappa shape index (κ3) is 3.26. The van der Waals surface area contributed by atoms with Gasteiger partial charge in [-0.3, -0.25) is 4.79 Å². The number of nitriles is 1. The molecule has 3 rings (SSSR count). The van der Waals surface area contributed by atoms with Crippen molar-refractivity contribution >= 4 is 5.91 Å². The highest BCUT2D eigenvalue weighted by molar-refractivity contribution is 5.94. The number of rotatable bonds is 4. The van der Waals surface area contributed by atoms with E-state index in [-0.39, 0.29) is 17.6 Å². The van der Waals surface area contributed by atoms with Crippen LogP contribution in [0.15, 0.2) is 42.6 Å². The van der Waals surface area contributed by atoms with E-state index in [2.05, 4.69) is 4.98 Å². The fraction of sp³-hybridized carbons (Fsp3) is 0.350. The highest BCUT2D eigenvalue weighted by Gasteiger charge is 2.42. The highest BCUT2D eigenvalue weighted by atomic mass is 16.5. The van der Waals surface area contributed by atoms with Crippen LogP contribution in [0.5, 0.6) is 5.75 Å². The van der Waals surface area contributed by atoms with Crippen LogP contribution in [0.3, 0.4) is 0 Å². The number of ether oxygens (including phenoxy) is 1. The van der Waals surface area contributed by atoms with E-state index in [4.69, 9.17) is 10.00 Å². The van der Waals surface area contributed by atoms with Gasteiger partial charge in [0.05, 0.1) is 13.2 Å². The molecule has 1 aromatic heterocycles. The summed E-state index contributed by atoms with van der Waals surface area (Å²) in [4.78, 5) is 18.6. The van der Waals surface area contributed by atoms with Gasteiger partial charge in [-0.05, 0) is 49.6 Å². The molecule has 2 heterocycles. The maximum absolute atomic E-state index is 13.0. The monoisotopic (exact) mass is 351 g/mol. The molecule has 0 spiro atoms. The molecule has 0 radical (unpaired) electrons. The van der Waals surface area contributed by atoms with Crippen molar-refractivity contribution in [1.29, 1.82) is 5.26 Å². The molecule has 1 amide bonds. The summed E-state index contributed by atoms with van der Waals surface area (Å²) in [6.07, 6.45) is 2.98. The van der Waals surface area contributed by atoms with Crippen LogP contribution in [0.1, 0.15) is 41.4 Å². The molecule has 1 aliphatic rings. The minimum absolute atomic E-state index is 0.194. The number of methoxy groups -OCH3 is 1. The number of amides is 1. The molecular weight excluding hydrogens is 330 g/mol. The first kappa shape index (κ1) is 17.9. The van der Waals surface area contributed by atoms with E-state index >= 15 is 0 Å². The average molecular weight is 351 g/mol. The van der Waals surface area contributed by atoms with Gasteiger partial charge in [-0.25, -0.2) is 4.98 Å². The third-order valence-corrected chi connectivity index (χ3v) is 4.96. The summed E-state index contributed by atoms with van der Waals surface area (Å²) in [5.74, 6) is 0.518. The van der Waals surface area contributed by atoms with Crippen LogP contribution in [-0.2, 0) is 5.60 Å². The van der Waals surface area contributed by atoms with Crippen LogP contribution in [-0.4, -0.2) is 40.6 Å². The zero-order valence-electron chi connectivity index (χ0n) is 14.8. The number of nitrogens with zero attached hydrogens (tertiary/aromatic N) is 3. The summed E-state index contributed by atoms with van der Waals surface area (Å²) in [5, 5.41) is 20.2. The van der Waals surface area contributed by atoms with Crippen LogP contribution in [0, 0.1) is 11.3 Å². The van der Waals surface area contributed by atoms with Crippen LogP contribution < -0.4 is 4.74 Å². The van der Waals surface area contributed by atoms with E-state index < -0.39 is 5.60 Å². The first-order valence-corrected chi connectivity index (χ1v) is 8.51. The Bertz CT molecular complexity index is 840. The van der Waals surface area contributed by atoms with Gasteiger partial charge in [-0.15, -0.1) is 0 Å². The summed E-state index contributed by atoms with van der Waals surface area (Å²) >= 11 is 0. The summed E-state index contributed by atoms with van der Waals surface area (Å²) < 4.78 is 5.17. The summed E-state index contributed by atoms with van der Waals surface area (Å²) in [7, 11) is 1.59. The van der Waals surface area contributed by atoms with Crippen molar-refractivity contribution in [3.05, 3.63) is 59.4 Å². The number of hydrogen-bond donors (Lipinski definition) is 1. The molecule has 0 saturated carbocycles. The molecule has 2 atom stereocenters. The maximum Gasteiger partial charge on any atom is 0.254 e. The SMILES string of the molecule is COc1ccc(C(C)(O)C2CCCN2C(=O)c2ccnc(C#N)c2)cc1. The molecule has 6 heteroatoms. The lowest BCUT2D eigenvalue weighted by molar-refractivity contribution is -0.0177. The number of carbonyl (C=O) groups excluding carboxylic acids is 1. The minimum Gasteiger partial charge on any atom is -0.497 e. The predicted molar refractivity (Wildman–Crippen MR) is 95.6 cm³/mol. The number of carbonyl (C=O) groups is 1. The topological polar surface area (TPSA) is 86.5 Å². The molecule has 1 aromatic carbocycles. The molecular formula is C20H21N3O3. The van der Waals surface area contributed by atoms with Crippen LogP contribution in [0.2, 0.25) is 0 Å². The van der Waals surface area contributed by atoms with E-state index in [0.717, 1.165) is 12.0 Å². The van der Waals surface area contributed by atoms with Gasteiger partial charge < -0.3 is 14.7 Å². The van der Waals surface area contributed by atoms with Crippen molar-refractivity contribution < 1.29 is 14.6 Å². The smallest absolute Gasteiger partial charge is 0.254 e. The Morgan fingerprint density at radius 3 is 2.77 bits per heavy atom. The van der Waals surface area contributed by atoms with Crippen molar-refractivity contribution in [1.82, 2.24) is 9.88 Å². The Labute approximate surface area is 152 Å². The standard InChI is InChI=1S/C20H21N3O3/c1-20(25,15-5-7-17(26-2)8-6-15)18-4-3-11-23(18)19(24)14-9-10-22-16(12-14)13-21/h5-10,12,18,25H,3-4,11H2,1-2H3. The zero-order valence-corrected chi connectivity index (χ0v) is 14.8. The largest absolute Gasteiger partial charge is 0.497 e. The number of hydrogen-bond acceptors (Lipinski definition) is 5. The third-order valence-electron chi connectivity index (χ3n) is 4.96. The minimum atomic E-state index is -1.19. The lowest BCUT2D eigenvalue weighted by atomic mass is 9.86. The predicted octanol–water partition coefficient (Wildman–Crippen LogP) is 2.47. The Kier molecular flexibility index (Phi) is 4.92. The van der Waals surface area contributed by atoms with Gasteiger partial charge in [0, 0.05) is 18.3 Å². The Balaban J connectivity index is 1.88. The van der Waals surface area contributed by atoms with Crippen LogP contribution in [0.25, 0.3) is 0 Å². The molecule has 1 fully saturated rings. The molecule has 134 valence electrons. The van der Waals surface area contributed by atoms with Crippen molar-refractivity contribution in [3.8, 4) is 11.8 Å². The molecule has 6 nitrogen and oxygen atoms in total. The second kappa shape index (κ2) is 7.14. The number of aromatic nitrogens is 1. The van der Waals surface area contributed by atoms with Crippen molar-refractivity contribution in [2.24, 2.45) is 0 Å². The molecule has 0 aliphatic carbocycles. The van der Waals surface area contributed by atoms with E-state index in [1.165, 1.54) is 12.3 Å². The lowest BCUT2D eigenvalue weighted by Gasteiger charge is -2.37. The van der Waals surface area contributed by atoms with Gasteiger partial charge in [-0.2, -0.15) is 5.26 Å². The molecule has 2 unspecified atom stereocenters. The summed E-state index contributed by atoms with van der Waals surface area (Å²) in [5.41, 5.74) is 0.154. The molecule has 2 aromatic rings. The van der Waals surface area contributed by atoms with E-state index in [1.54, 1.807) is 37.1 Å². The quantitative estimate of drug-likeness (QED) is 0.914. The number of benzene rings is 1. The van der Waals surface area contributed by atoms with E-state index in [9.17, 15) is 9.90 Å². The highest BCUT2D eigenvalue weighted by Crippen LogP contribution is 2.36. The normalized spacial score (nSPS) is 18.8. The van der Waals surface area contributed by atoms with Crippen molar-refractivity contribution in [2.75, 3.05) is 13.7 Å². The van der Waals surface area contributed by atoms with Gasteiger partial charge >= 0.3 is 0 Å². The summed E-state index contributed by atoms with van der Waals surface area (Å²) in [6.45, 7) is 2.30. The molecule has 1 aliphatic heterocycles. The summed E-state index contributed by atoms with van der Waals surface area (Å²) in [6, 6.07) is 11.9. The fourth-order valence-corrected chi connectivity index (χ4v) is 3.51. The first-order valence-electron chi connectivity index (χ1n) is 8.51. The number of aliphatic hydroxyl groups is 1. The van der Waals surface area contributed by atoms with E-state index in [1.807, 2.05) is 18.2 Å². The second-order valence-corrected chi connectivity index (χ2v) is 6.57. The van der Waals surface area contributed by atoms with Crippen molar-refractivity contribution in [3.63, 3.8) is 0 Å². The van der Waals surface area contributed by atoms with Gasteiger partial charge in [0.15, 0.2) is 0 Å². The fourth-order valence-electron chi connectivity index (χ4n) is 3.51. The zero-order chi connectivity index (χ0) is 18.7. The van der Waals surface area contributed by atoms with Crippen LogP contribution in [0.4, 0.5) is 0 Å². The second-order valence-electron chi connectivity index (χ2n) is 6.57. The molecule has 1 saturated heterocycles. The molecule has 26 heavy (non-hydrogen) atoms. The first-order chi connectivity index (χ1) is 12.5. The molecule has 0 bridgehead atoms. The Hall–Kier alpha value is -2.91. The maximum atomic E-state index is 13.0. The van der Waals surface area contributed by atoms with E-state index in [0.29, 0.717) is 24.3 Å². The van der Waals surface area contributed by atoms with Crippen molar-refractivity contribution in [2.45, 2.75) is 31.4 Å². The van der Waals surface area contributed by atoms with Gasteiger partial charge in [0.1, 0.15) is 23.1 Å².